The van der Waals surface area contributed by atoms with Crippen molar-refractivity contribution in [3.05, 3.63) is 66.1 Å². The Hall–Kier alpha value is -3.68. The molecule has 1 amide bonds. The molecule has 0 saturated heterocycles. The minimum Gasteiger partial charge on any atom is -0.497 e. The van der Waals surface area contributed by atoms with Crippen molar-refractivity contribution >= 4 is 17.4 Å². The van der Waals surface area contributed by atoms with Gasteiger partial charge in [-0.05, 0) is 36.4 Å². The normalized spacial score (nSPS) is 10.1. The van der Waals surface area contributed by atoms with Gasteiger partial charge in [-0.25, -0.2) is 0 Å². The van der Waals surface area contributed by atoms with E-state index >= 15 is 0 Å². The molecule has 0 spiro atoms. The number of hydrogen-bond acceptors (Lipinski definition) is 7. The Balaban J connectivity index is 1.64. The van der Waals surface area contributed by atoms with Gasteiger partial charge in [-0.3, -0.25) is 9.78 Å². The van der Waals surface area contributed by atoms with E-state index in [2.05, 4.69) is 25.8 Å². The maximum atomic E-state index is 12.4. The van der Waals surface area contributed by atoms with Crippen LogP contribution in [0, 0.1) is 0 Å². The summed E-state index contributed by atoms with van der Waals surface area (Å²) in [5, 5.41) is 13.9. The minimum absolute atomic E-state index is 0.191. The molecule has 2 aromatic heterocycles. The smallest absolute Gasteiger partial charge is 0.276 e. The standard InChI is InChI=1S/C19H19N5O3/c1-26-14-6-7-15(17(11-14)27-2)22-19(25)16-8-9-18(24-23-16)21-12-13-5-3-4-10-20-13/h3-11H,12H2,1-2H3,(H,21,24)(H,22,25). The highest BCUT2D eigenvalue weighted by Crippen LogP contribution is 2.29. The second-order valence-corrected chi connectivity index (χ2v) is 5.50. The van der Waals surface area contributed by atoms with Crippen LogP contribution in [-0.4, -0.2) is 35.3 Å². The SMILES string of the molecule is COc1ccc(NC(=O)c2ccc(NCc3ccccn3)nn2)c(OC)c1. The van der Waals surface area contributed by atoms with Crippen molar-refractivity contribution in [1.82, 2.24) is 15.2 Å². The molecule has 0 aliphatic carbocycles. The summed E-state index contributed by atoms with van der Waals surface area (Å²) in [7, 11) is 3.08. The molecule has 1 aromatic carbocycles. The van der Waals surface area contributed by atoms with Crippen LogP contribution in [-0.2, 0) is 6.54 Å². The highest BCUT2D eigenvalue weighted by Gasteiger charge is 2.12. The molecule has 0 radical (unpaired) electrons. The van der Waals surface area contributed by atoms with Gasteiger partial charge in [0.25, 0.3) is 5.91 Å². The molecule has 0 aliphatic heterocycles. The zero-order chi connectivity index (χ0) is 19.1. The van der Waals surface area contributed by atoms with Crippen LogP contribution in [0.1, 0.15) is 16.2 Å². The lowest BCUT2D eigenvalue weighted by molar-refractivity contribution is 0.102. The fourth-order valence-corrected chi connectivity index (χ4v) is 2.32. The van der Waals surface area contributed by atoms with E-state index in [9.17, 15) is 4.79 Å². The number of hydrogen-bond donors (Lipinski definition) is 2. The molecule has 0 atom stereocenters. The Morgan fingerprint density at radius 3 is 2.59 bits per heavy atom. The van der Waals surface area contributed by atoms with Gasteiger partial charge in [-0.1, -0.05) is 6.07 Å². The van der Waals surface area contributed by atoms with Gasteiger partial charge in [-0.15, -0.1) is 10.2 Å². The molecule has 0 bridgehead atoms. The molecule has 0 unspecified atom stereocenters. The number of pyridine rings is 1. The minimum atomic E-state index is -0.387. The molecular weight excluding hydrogens is 346 g/mol. The topological polar surface area (TPSA) is 98.3 Å². The van der Waals surface area contributed by atoms with Crippen molar-refractivity contribution in [2.45, 2.75) is 6.54 Å². The summed E-state index contributed by atoms with van der Waals surface area (Å²) in [5.74, 6) is 1.29. The van der Waals surface area contributed by atoms with Crippen molar-refractivity contribution in [1.29, 1.82) is 0 Å². The number of rotatable bonds is 7. The van der Waals surface area contributed by atoms with Gasteiger partial charge >= 0.3 is 0 Å². The number of nitrogens with one attached hydrogen (secondary N) is 2. The van der Waals surface area contributed by atoms with Gasteiger partial charge in [0.2, 0.25) is 0 Å². The third-order valence-electron chi connectivity index (χ3n) is 3.73. The molecule has 0 fully saturated rings. The van der Waals surface area contributed by atoms with Gasteiger partial charge in [0.05, 0.1) is 32.1 Å². The zero-order valence-electron chi connectivity index (χ0n) is 15.0. The second-order valence-electron chi connectivity index (χ2n) is 5.50. The number of amides is 1. The van der Waals surface area contributed by atoms with E-state index in [1.54, 1.807) is 43.6 Å². The Labute approximate surface area is 156 Å². The predicted octanol–water partition coefficient (Wildman–Crippen LogP) is 2.75. The lowest BCUT2D eigenvalue weighted by atomic mass is 10.2. The molecule has 0 saturated carbocycles. The third-order valence-corrected chi connectivity index (χ3v) is 3.73. The van der Waals surface area contributed by atoms with Gasteiger partial charge in [0.1, 0.15) is 17.3 Å². The summed E-state index contributed by atoms with van der Waals surface area (Å²) < 4.78 is 10.4. The first kappa shape index (κ1) is 18.1. The molecule has 3 rings (SSSR count). The third kappa shape index (κ3) is 4.69. The Morgan fingerprint density at radius 1 is 1.04 bits per heavy atom. The van der Waals surface area contributed by atoms with Crippen LogP contribution in [0.15, 0.2) is 54.7 Å². The average Bonchev–Trinajstić information content (AvgIpc) is 2.73. The van der Waals surface area contributed by atoms with Crippen molar-refractivity contribution < 1.29 is 14.3 Å². The number of aromatic nitrogens is 3. The number of ether oxygens (including phenoxy) is 2. The second kappa shape index (κ2) is 8.61. The van der Waals surface area contributed by atoms with E-state index in [1.165, 1.54) is 7.11 Å². The summed E-state index contributed by atoms with van der Waals surface area (Å²) >= 11 is 0. The Bertz CT molecular complexity index is 901. The lowest BCUT2D eigenvalue weighted by Crippen LogP contribution is -2.15. The number of carbonyl (C=O) groups is 1. The zero-order valence-corrected chi connectivity index (χ0v) is 15.0. The van der Waals surface area contributed by atoms with Crippen LogP contribution in [0.2, 0.25) is 0 Å². The quantitative estimate of drug-likeness (QED) is 0.664. The first-order chi connectivity index (χ1) is 13.2. The first-order valence-corrected chi connectivity index (χ1v) is 8.20. The van der Waals surface area contributed by atoms with Gasteiger partial charge < -0.3 is 20.1 Å². The Kier molecular flexibility index (Phi) is 5.78. The molecular formula is C19H19N5O3. The van der Waals surface area contributed by atoms with Crippen molar-refractivity contribution in [3.8, 4) is 11.5 Å². The van der Waals surface area contributed by atoms with Crippen LogP contribution in [0.4, 0.5) is 11.5 Å². The summed E-state index contributed by atoms with van der Waals surface area (Å²) in [6.45, 7) is 0.518. The highest BCUT2D eigenvalue weighted by molar-refractivity contribution is 6.03. The van der Waals surface area contributed by atoms with E-state index in [0.29, 0.717) is 29.5 Å². The van der Waals surface area contributed by atoms with Crippen molar-refractivity contribution in [2.24, 2.45) is 0 Å². The molecule has 0 aliphatic rings. The number of carbonyl (C=O) groups excluding carboxylic acids is 1. The number of nitrogens with zero attached hydrogens (tertiary/aromatic N) is 3. The molecule has 138 valence electrons. The summed E-state index contributed by atoms with van der Waals surface area (Å²) in [4.78, 5) is 16.6. The van der Waals surface area contributed by atoms with Crippen LogP contribution >= 0.6 is 0 Å². The molecule has 27 heavy (non-hydrogen) atoms. The van der Waals surface area contributed by atoms with Crippen LogP contribution in [0.3, 0.4) is 0 Å². The number of benzene rings is 1. The van der Waals surface area contributed by atoms with E-state index < -0.39 is 0 Å². The average molecular weight is 365 g/mol. The van der Waals surface area contributed by atoms with E-state index in [1.807, 2.05) is 18.2 Å². The predicted molar refractivity (Wildman–Crippen MR) is 101 cm³/mol. The summed E-state index contributed by atoms with van der Waals surface area (Å²) in [6.07, 6.45) is 1.73. The van der Waals surface area contributed by atoms with Gasteiger partial charge in [0.15, 0.2) is 5.69 Å². The first-order valence-electron chi connectivity index (χ1n) is 8.20. The van der Waals surface area contributed by atoms with Crippen LogP contribution < -0.4 is 20.1 Å². The maximum absolute atomic E-state index is 12.4. The largest absolute Gasteiger partial charge is 0.497 e. The number of anilines is 2. The summed E-state index contributed by atoms with van der Waals surface area (Å²) in [6, 6.07) is 14.1. The summed E-state index contributed by atoms with van der Waals surface area (Å²) in [5.41, 5.74) is 1.59. The molecule has 3 aromatic rings. The van der Waals surface area contributed by atoms with Crippen molar-refractivity contribution in [2.75, 3.05) is 24.9 Å². The fraction of sp³-hybridized carbons (Fsp3) is 0.158. The molecule has 8 heteroatoms. The van der Waals surface area contributed by atoms with E-state index in [4.69, 9.17) is 9.47 Å². The molecule has 8 nitrogen and oxygen atoms in total. The Morgan fingerprint density at radius 2 is 1.93 bits per heavy atom. The van der Waals surface area contributed by atoms with Gasteiger partial charge in [0, 0.05) is 12.3 Å². The molecule has 2 N–H and O–H groups in total. The monoisotopic (exact) mass is 365 g/mol. The molecule has 2 heterocycles. The van der Waals surface area contributed by atoms with E-state index in [-0.39, 0.29) is 11.6 Å². The lowest BCUT2D eigenvalue weighted by Gasteiger charge is -2.11. The van der Waals surface area contributed by atoms with Crippen LogP contribution in [0.25, 0.3) is 0 Å². The highest BCUT2D eigenvalue weighted by atomic mass is 16.5. The maximum Gasteiger partial charge on any atom is 0.276 e. The number of methoxy groups -OCH3 is 2. The van der Waals surface area contributed by atoms with Crippen molar-refractivity contribution in [3.63, 3.8) is 0 Å². The fourth-order valence-electron chi connectivity index (χ4n) is 2.32. The van der Waals surface area contributed by atoms with Crippen LogP contribution in [0.5, 0.6) is 11.5 Å². The van der Waals surface area contributed by atoms with E-state index in [0.717, 1.165) is 5.69 Å². The van der Waals surface area contributed by atoms with Gasteiger partial charge in [-0.2, -0.15) is 0 Å².